The molecule has 3 rings (SSSR count). The molecule has 1 aromatic carbocycles. The van der Waals surface area contributed by atoms with Crippen LogP contribution in [-0.4, -0.2) is 35.9 Å². The van der Waals surface area contributed by atoms with Crippen LogP contribution in [0.3, 0.4) is 0 Å². The molecule has 0 amide bonds. The molecule has 0 saturated carbocycles. The standard InChI is InChI=1S/C17H18Cl2N2OS/c18-13-8-12(17(22)14(19)9-13)10-20-11-15(16-4-3-7-23-16)21-5-1-2-6-21/h3-4,7-10,15,22H,1-2,5-6,11H2/t15-/m1/s1. The fourth-order valence-corrected chi connectivity index (χ4v) is 4.22. The van der Waals surface area contributed by atoms with Gasteiger partial charge in [-0.1, -0.05) is 29.3 Å². The van der Waals surface area contributed by atoms with Crippen molar-refractivity contribution in [3.05, 3.63) is 50.1 Å². The van der Waals surface area contributed by atoms with E-state index < -0.39 is 0 Å². The summed E-state index contributed by atoms with van der Waals surface area (Å²) in [6.45, 7) is 2.89. The SMILES string of the molecule is Oc1c(Cl)cc(Cl)cc1C=NC[C@H](c1cccs1)N1CCCC1. The van der Waals surface area contributed by atoms with Gasteiger partial charge in [-0.2, -0.15) is 0 Å². The molecule has 0 radical (unpaired) electrons. The molecule has 1 atom stereocenters. The summed E-state index contributed by atoms with van der Waals surface area (Å²) in [5.41, 5.74) is 0.550. The number of thiophene rings is 1. The van der Waals surface area contributed by atoms with E-state index in [9.17, 15) is 5.11 Å². The summed E-state index contributed by atoms with van der Waals surface area (Å²) in [6.07, 6.45) is 4.15. The topological polar surface area (TPSA) is 35.8 Å². The summed E-state index contributed by atoms with van der Waals surface area (Å²) in [5.74, 6) is 0.0219. The number of likely N-dealkylation sites (tertiary alicyclic amines) is 1. The van der Waals surface area contributed by atoms with E-state index in [1.165, 1.54) is 23.8 Å². The molecular weight excluding hydrogens is 351 g/mol. The van der Waals surface area contributed by atoms with Crippen LogP contribution in [0.4, 0.5) is 0 Å². The van der Waals surface area contributed by atoms with Crippen LogP contribution in [0.2, 0.25) is 10.0 Å². The second-order valence-corrected chi connectivity index (χ2v) is 7.42. The third kappa shape index (κ3) is 4.07. The van der Waals surface area contributed by atoms with Crippen LogP contribution in [0.5, 0.6) is 5.75 Å². The van der Waals surface area contributed by atoms with Crippen molar-refractivity contribution >= 4 is 40.8 Å². The smallest absolute Gasteiger partial charge is 0.143 e. The molecule has 2 aromatic rings. The predicted octanol–water partition coefficient (Wildman–Crippen LogP) is 5.02. The van der Waals surface area contributed by atoms with Gasteiger partial charge in [-0.25, -0.2) is 0 Å². The molecule has 6 heteroatoms. The van der Waals surface area contributed by atoms with Crippen molar-refractivity contribution in [1.82, 2.24) is 4.90 Å². The highest BCUT2D eigenvalue weighted by atomic mass is 35.5. The quantitative estimate of drug-likeness (QED) is 0.752. The number of benzene rings is 1. The number of aromatic hydroxyl groups is 1. The molecule has 1 aromatic heterocycles. The van der Waals surface area contributed by atoms with Crippen LogP contribution >= 0.6 is 34.5 Å². The number of phenolic OH excluding ortho intramolecular Hbond substituents is 1. The van der Waals surface area contributed by atoms with Crippen molar-refractivity contribution in [2.24, 2.45) is 4.99 Å². The van der Waals surface area contributed by atoms with Crippen LogP contribution in [-0.2, 0) is 0 Å². The van der Waals surface area contributed by atoms with E-state index in [0.717, 1.165) is 13.1 Å². The predicted molar refractivity (Wildman–Crippen MR) is 98.5 cm³/mol. The number of hydrogen-bond acceptors (Lipinski definition) is 4. The van der Waals surface area contributed by atoms with Crippen LogP contribution in [0.15, 0.2) is 34.6 Å². The molecular formula is C17H18Cl2N2OS. The number of phenols is 1. The maximum Gasteiger partial charge on any atom is 0.143 e. The fraction of sp³-hybridized carbons (Fsp3) is 0.353. The molecule has 1 aliphatic rings. The highest BCUT2D eigenvalue weighted by Gasteiger charge is 2.23. The van der Waals surface area contributed by atoms with Crippen LogP contribution < -0.4 is 0 Å². The summed E-state index contributed by atoms with van der Waals surface area (Å²) < 4.78 is 0. The van der Waals surface area contributed by atoms with Crippen molar-refractivity contribution in [1.29, 1.82) is 0 Å². The Morgan fingerprint density at radius 1 is 1.30 bits per heavy atom. The van der Waals surface area contributed by atoms with Crippen molar-refractivity contribution in [3.63, 3.8) is 0 Å². The van der Waals surface area contributed by atoms with E-state index in [4.69, 9.17) is 23.2 Å². The zero-order chi connectivity index (χ0) is 16.2. The zero-order valence-corrected chi connectivity index (χ0v) is 14.9. The number of rotatable bonds is 5. The Bertz CT molecular complexity index is 682. The average Bonchev–Trinajstić information content (AvgIpc) is 3.21. The molecule has 122 valence electrons. The Morgan fingerprint density at radius 3 is 2.78 bits per heavy atom. The van der Waals surface area contributed by atoms with E-state index in [2.05, 4.69) is 27.4 Å². The largest absolute Gasteiger partial charge is 0.506 e. The first kappa shape index (κ1) is 16.8. The van der Waals surface area contributed by atoms with Gasteiger partial charge in [0.25, 0.3) is 0 Å². The highest BCUT2D eigenvalue weighted by molar-refractivity contribution is 7.10. The van der Waals surface area contributed by atoms with Gasteiger partial charge in [0, 0.05) is 21.7 Å². The lowest BCUT2D eigenvalue weighted by atomic mass is 10.2. The van der Waals surface area contributed by atoms with Gasteiger partial charge < -0.3 is 5.11 Å². The molecule has 0 aliphatic carbocycles. The summed E-state index contributed by atoms with van der Waals surface area (Å²) >= 11 is 13.7. The molecule has 0 spiro atoms. The first-order valence-electron chi connectivity index (χ1n) is 7.60. The third-order valence-corrected chi connectivity index (χ3v) is 5.50. The average molecular weight is 369 g/mol. The van der Waals surface area contributed by atoms with E-state index in [1.54, 1.807) is 23.6 Å². The third-order valence-electron chi connectivity index (χ3n) is 4.02. The molecule has 1 saturated heterocycles. The van der Waals surface area contributed by atoms with E-state index >= 15 is 0 Å². The number of halogens is 2. The van der Waals surface area contributed by atoms with Gasteiger partial charge in [-0.3, -0.25) is 9.89 Å². The van der Waals surface area contributed by atoms with Crippen LogP contribution in [0.25, 0.3) is 0 Å². The van der Waals surface area contributed by atoms with E-state index in [0.29, 0.717) is 23.2 Å². The minimum absolute atomic E-state index is 0.0219. The molecule has 1 aliphatic heterocycles. The number of aliphatic imine (C=N–C) groups is 1. The maximum atomic E-state index is 9.99. The summed E-state index contributed by atoms with van der Waals surface area (Å²) in [4.78, 5) is 8.36. The molecule has 23 heavy (non-hydrogen) atoms. The minimum atomic E-state index is 0.0219. The zero-order valence-electron chi connectivity index (χ0n) is 12.6. The molecule has 0 bridgehead atoms. The van der Waals surface area contributed by atoms with Gasteiger partial charge in [0.05, 0.1) is 17.6 Å². The Morgan fingerprint density at radius 2 is 2.09 bits per heavy atom. The van der Waals surface area contributed by atoms with Gasteiger partial charge in [0.1, 0.15) is 5.75 Å². The Kier molecular flexibility index (Phi) is 5.59. The Balaban J connectivity index is 1.76. The lowest BCUT2D eigenvalue weighted by Gasteiger charge is -2.25. The van der Waals surface area contributed by atoms with Crippen molar-refractivity contribution < 1.29 is 5.11 Å². The van der Waals surface area contributed by atoms with Gasteiger partial charge in [0.15, 0.2) is 0 Å². The lowest BCUT2D eigenvalue weighted by Crippen LogP contribution is -2.27. The Hall–Kier alpha value is -1.07. The monoisotopic (exact) mass is 368 g/mol. The van der Waals surface area contributed by atoms with E-state index in [1.807, 2.05) is 0 Å². The second kappa shape index (κ2) is 7.67. The molecule has 1 fully saturated rings. The molecule has 1 N–H and O–H groups in total. The van der Waals surface area contributed by atoms with Gasteiger partial charge in [0.2, 0.25) is 0 Å². The van der Waals surface area contributed by atoms with Crippen LogP contribution in [0.1, 0.15) is 29.3 Å². The van der Waals surface area contributed by atoms with E-state index in [-0.39, 0.29) is 10.8 Å². The maximum absolute atomic E-state index is 9.99. The lowest BCUT2D eigenvalue weighted by molar-refractivity contribution is 0.255. The number of nitrogens with zero attached hydrogens (tertiary/aromatic N) is 2. The second-order valence-electron chi connectivity index (χ2n) is 5.59. The van der Waals surface area contributed by atoms with Gasteiger partial charge in [-0.05, 0) is 49.5 Å². The number of hydrogen-bond donors (Lipinski definition) is 1. The summed E-state index contributed by atoms with van der Waals surface area (Å²) in [7, 11) is 0. The van der Waals surface area contributed by atoms with Crippen molar-refractivity contribution in [2.45, 2.75) is 18.9 Å². The van der Waals surface area contributed by atoms with Gasteiger partial charge >= 0.3 is 0 Å². The molecule has 2 heterocycles. The van der Waals surface area contributed by atoms with Crippen molar-refractivity contribution in [2.75, 3.05) is 19.6 Å². The fourth-order valence-electron chi connectivity index (χ4n) is 2.85. The molecule has 3 nitrogen and oxygen atoms in total. The summed E-state index contributed by atoms with van der Waals surface area (Å²) in [6, 6.07) is 7.73. The first-order chi connectivity index (χ1) is 11.1. The van der Waals surface area contributed by atoms with Crippen LogP contribution in [0, 0.1) is 0 Å². The Labute approximate surface area is 150 Å². The minimum Gasteiger partial charge on any atom is -0.506 e. The van der Waals surface area contributed by atoms with Crippen molar-refractivity contribution in [3.8, 4) is 5.75 Å². The van der Waals surface area contributed by atoms with Gasteiger partial charge in [-0.15, -0.1) is 11.3 Å². The first-order valence-corrected chi connectivity index (χ1v) is 9.24. The highest BCUT2D eigenvalue weighted by Crippen LogP contribution is 2.31. The normalized spacial score (nSPS) is 17.1. The molecule has 0 unspecified atom stereocenters. The summed E-state index contributed by atoms with van der Waals surface area (Å²) in [5, 5.41) is 12.8.